The van der Waals surface area contributed by atoms with E-state index < -0.39 is 19.1 Å². The fraction of sp³-hybridized carbons (Fsp3) is 1.00. The van der Waals surface area contributed by atoms with Crippen molar-refractivity contribution in [1.82, 2.24) is 4.90 Å². The molecule has 0 saturated heterocycles. The van der Waals surface area contributed by atoms with Crippen molar-refractivity contribution in [2.24, 2.45) is 0 Å². The second-order valence-corrected chi connectivity index (χ2v) is 12.0. The Labute approximate surface area is 122 Å². The lowest BCUT2D eigenvalue weighted by Gasteiger charge is -2.44. The zero-order valence-corrected chi connectivity index (χ0v) is 15.0. The van der Waals surface area contributed by atoms with Gasteiger partial charge in [0.1, 0.15) is 0 Å². The van der Waals surface area contributed by atoms with Crippen LogP contribution in [0.4, 0.5) is 4.39 Å². The van der Waals surface area contributed by atoms with Crippen molar-refractivity contribution in [3.8, 4) is 0 Å². The molecule has 0 aliphatic carbocycles. The van der Waals surface area contributed by atoms with Crippen molar-refractivity contribution in [2.75, 3.05) is 14.1 Å². The van der Waals surface area contributed by atoms with E-state index in [4.69, 9.17) is 27.6 Å². The number of rotatable bonds is 7. The minimum Gasteiger partial charge on any atom is -0.397 e. The van der Waals surface area contributed by atoms with Gasteiger partial charge < -0.3 is 4.43 Å². The maximum Gasteiger partial charge on any atom is 0.296 e. The van der Waals surface area contributed by atoms with Crippen molar-refractivity contribution in [1.29, 1.82) is 0 Å². The van der Waals surface area contributed by atoms with Gasteiger partial charge >= 0.3 is 0 Å². The van der Waals surface area contributed by atoms with Crippen LogP contribution in [0, 0.1) is 0 Å². The van der Waals surface area contributed by atoms with Gasteiger partial charge in [-0.15, -0.1) is 0 Å². The molecule has 0 aliphatic rings. The standard InChI is InChI=1S/C12H26Cl2FNOSi/c1-8-9-11(2,3)18(6,7)17-10(16(4)5)12(13,14)15/h10H,8-9H2,1-7H3. The van der Waals surface area contributed by atoms with E-state index in [1.54, 1.807) is 19.0 Å². The molecule has 110 valence electrons. The third-order valence-corrected chi connectivity index (χ3v) is 8.36. The zero-order chi connectivity index (χ0) is 14.8. The third kappa shape index (κ3) is 4.97. The zero-order valence-electron chi connectivity index (χ0n) is 12.5. The van der Waals surface area contributed by atoms with Crippen molar-refractivity contribution in [3.05, 3.63) is 0 Å². The number of hydrogen-bond donors (Lipinski definition) is 0. The van der Waals surface area contributed by atoms with E-state index in [2.05, 4.69) is 33.9 Å². The molecule has 18 heavy (non-hydrogen) atoms. The first-order valence-corrected chi connectivity index (χ1v) is 9.92. The summed E-state index contributed by atoms with van der Waals surface area (Å²) in [7, 11) is 1.28. The van der Waals surface area contributed by atoms with Gasteiger partial charge in [0, 0.05) is 0 Å². The highest BCUT2D eigenvalue weighted by Crippen LogP contribution is 2.44. The fourth-order valence-corrected chi connectivity index (χ4v) is 4.56. The van der Waals surface area contributed by atoms with Crippen LogP contribution in [0.2, 0.25) is 18.1 Å². The summed E-state index contributed by atoms with van der Waals surface area (Å²) < 4.78 is 17.4. The van der Waals surface area contributed by atoms with Crippen LogP contribution in [-0.4, -0.2) is 38.1 Å². The molecular formula is C12H26Cl2FNOSi. The third-order valence-electron chi connectivity index (χ3n) is 3.66. The summed E-state index contributed by atoms with van der Waals surface area (Å²) in [4.78, 5) is 1.58. The Balaban J connectivity index is 5.03. The number of alkyl halides is 3. The van der Waals surface area contributed by atoms with E-state index in [1.807, 2.05) is 0 Å². The molecule has 0 aromatic heterocycles. The van der Waals surface area contributed by atoms with Gasteiger partial charge in [-0.25, -0.2) is 4.39 Å². The number of halogens is 3. The molecule has 0 aromatic carbocycles. The molecule has 1 atom stereocenters. The van der Waals surface area contributed by atoms with E-state index >= 15 is 0 Å². The molecule has 0 bridgehead atoms. The van der Waals surface area contributed by atoms with Gasteiger partial charge in [-0.1, -0.05) is 50.4 Å². The molecule has 0 radical (unpaired) electrons. The molecule has 0 spiro atoms. The van der Waals surface area contributed by atoms with E-state index in [1.165, 1.54) is 0 Å². The van der Waals surface area contributed by atoms with E-state index in [0.717, 1.165) is 12.8 Å². The SMILES string of the molecule is CCCC(C)(C)[Si](C)(C)OC(N(C)C)C(F)(Cl)Cl. The molecule has 0 rings (SSSR count). The van der Waals surface area contributed by atoms with Crippen LogP contribution in [-0.2, 0) is 4.43 Å². The monoisotopic (exact) mass is 317 g/mol. The molecule has 0 N–H and O–H groups in total. The van der Waals surface area contributed by atoms with Crippen molar-refractivity contribution in [3.63, 3.8) is 0 Å². The van der Waals surface area contributed by atoms with Gasteiger partial charge in [0.15, 0.2) is 14.5 Å². The average Bonchev–Trinajstić information content (AvgIpc) is 2.11. The summed E-state index contributed by atoms with van der Waals surface area (Å²) in [6.45, 7) is 10.6. The second-order valence-electron chi connectivity index (χ2n) is 6.12. The van der Waals surface area contributed by atoms with Crippen LogP contribution < -0.4 is 0 Å². The van der Waals surface area contributed by atoms with Crippen LogP contribution in [0.25, 0.3) is 0 Å². The molecular weight excluding hydrogens is 292 g/mol. The van der Waals surface area contributed by atoms with Crippen molar-refractivity contribution >= 4 is 31.5 Å². The van der Waals surface area contributed by atoms with Crippen molar-refractivity contribution in [2.45, 2.75) is 62.6 Å². The van der Waals surface area contributed by atoms with Crippen LogP contribution in [0.15, 0.2) is 0 Å². The van der Waals surface area contributed by atoms with E-state index in [9.17, 15) is 4.39 Å². The molecule has 0 aliphatic heterocycles. The summed E-state index contributed by atoms with van der Waals surface area (Å²) in [6, 6.07) is 0. The Kier molecular flexibility index (Phi) is 6.63. The van der Waals surface area contributed by atoms with Crippen LogP contribution >= 0.6 is 23.2 Å². The number of nitrogens with zero attached hydrogens (tertiary/aromatic N) is 1. The molecule has 0 saturated carbocycles. The highest BCUT2D eigenvalue weighted by Gasteiger charge is 2.47. The molecule has 0 amide bonds. The molecule has 2 nitrogen and oxygen atoms in total. The maximum atomic E-state index is 13.8. The maximum absolute atomic E-state index is 13.8. The van der Waals surface area contributed by atoms with E-state index in [0.29, 0.717) is 0 Å². The van der Waals surface area contributed by atoms with Gasteiger partial charge in [0.05, 0.1) is 0 Å². The summed E-state index contributed by atoms with van der Waals surface area (Å²) in [5.74, 6) is 0. The largest absolute Gasteiger partial charge is 0.397 e. The molecule has 6 heteroatoms. The molecule has 0 heterocycles. The Hall–Kier alpha value is 0.647. The smallest absolute Gasteiger partial charge is 0.296 e. The van der Waals surface area contributed by atoms with Crippen molar-refractivity contribution < 1.29 is 8.82 Å². The topological polar surface area (TPSA) is 12.5 Å². The van der Waals surface area contributed by atoms with Crippen LogP contribution in [0.3, 0.4) is 0 Å². The molecule has 0 fully saturated rings. The number of hydrogen-bond acceptors (Lipinski definition) is 2. The summed E-state index contributed by atoms with van der Waals surface area (Å²) >= 11 is 11.2. The van der Waals surface area contributed by atoms with Gasteiger partial charge in [-0.2, -0.15) is 0 Å². The lowest BCUT2D eigenvalue weighted by Crippen LogP contribution is -2.53. The Morgan fingerprint density at radius 2 is 1.72 bits per heavy atom. The first-order chi connectivity index (χ1) is 7.85. The minimum absolute atomic E-state index is 0.0367. The lowest BCUT2D eigenvalue weighted by atomic mass is 10.1. The minimum atomic E-state index is -2.41. The predicted molar refractivity (Wildman–Crippen MR) is 80.5 cm³/mol. The quantitative estimate of drug-likeness (QED) is 0.381. The first kappa shape index (κ1) is 18.6. The summed E-state index contributed by atoms with van der Waals surface area (Å²) in [5, 5.41) is 0.0367. The van der Waals surface area contributed by atoms with Gasteiger partial charge in [-0.05, 0) is 38.6 Å². The Morgan fingerprint density at radius 3 is 2.00 bits per heavy atom. The van der Waals surface area contributed by atoms with Crippen LogP contribution in [0.5, 0.6) is 0 Å². The lowest BCUT2D eigenvalue weighted by molar-refractivity contribution is -0.00214. The van der Waals surface area contributed by atoms with E-state index in [-0.39, 0.29) is 5.04 Å². The summed E-state index contributed by atoms with van der Waals surface area (Å²) in [6.07, 6.45) is 1.16. The van der Waals surface area contributed by atoms with Gasteiger partial charge in [0.2, 0.25) is 0 Å². The highest BCUT2D eigenvalue weighted by atomic mass is 35.5. The second kappa shape index (κ2) is 6.40. The normalized spacial score (nSPS) is 16.2. The van der Waals surface area contributed by atoms with Crippen LogP contribution in [0.1, 0.15) is 33.6 Å². The molecule has 1 unspecified atom stereocenters. The fourth-order valence-electron chi connectivity index (χ4n) is 1.83. The molecule has 0 aromatic rings. The Morgan fingerprint density at radius 1 is 1.28 bits per heavy atom. The highest BCUT2D eigenvalue weighted by molar-refractivity contribution is 6.74. The average molecular weight is 318 g/mol. The van der Waals surface area contributed by atoms with Gasteiger partial charge in [0.25, 0.3) is 4.59 Å². The summed E-state index contributed by atoms with van der Waals surface area (Å²) in [5.41, 5.74) is 0. The first-order valence-electron chi connectivity index (χ1n) is 6.26. The predicted octanol–water partition coefficient (Wildman–Crippen LogP) is 4.78. The Bertz CT molecular complexity index is 267. The van der Waals surface area contributed by atoms with Gasteiger partial charge in [-0.3, -0.25) is 4.90 Å².